The number of carbonyl (C=O) groups excluding carboxylic acids is 1. The van der Waals surface area contributed by atoms with Crippen molar-refractivity contribution in [3.63, 3.8) is 0 Å². The molecular weight excluding hydrogens is 363 g/mol. The lowest BCUT2D eigenvalue weighted by atomic mass is 9.86. The van der Waals surface area contributed by atoms with Crippen LogP contribution >= 0.6 is 11.3 Å². The smallest absolute Gasteiger partial charge is 0.252 e. The minimum Gasteiger partial charge on any atom is -0.312 e. The van der Waals surface area contributed by atoms with Crippen LogP contribution in [-0.2, 0) is 14.8 Å². The summed E-state index contributed by atoms with van der Waals surface area (Å²) >= 11 is 1.20. The third-order valence-electron chi connectivity index (χ3n) is 4.95. The molecule has 0 bridgehead atoms. The van der Waals surface area contributed by atoms with Crippen LogP contribution in [0.4, 0.5) is 10.1 Å². The van der Waals surface area contributed by atoms with Gasteiger partial charge >= 0.3 is 0 Å². The molecule has 0 radical (unpaired) electrons. The maximum atomic E-state index is 13.1. The molecule has 4 rings (SSSR count). The van der Waals surface area contributed by atoms with E-state index in [1.807, 2.05) is 0 Å². The van der Waals surface area contributed by atoms with Crippen molar-refractivity contribution in [1.29, 1.82) is 0 Å². The standard InChI is InChI=1S/C17H17FN2O3S2/c18-13-3-5-14(6-4-13)20-12-17(10-15(20)21)7-8-19(11-17)25(22,23)16-2-1-9-24-16/h1-6,9H,7-8,10-12H2/t17-/m1/s1. The van der Waals surface area contributed by atoms with Crippen molar-refractivity contribution in [1.82, 2.24) is 4.31 Å². The zero-order chi connectivity index (χ0) is 17.7. The fraction of sp³-hybridized carbons (Fsp3) is 0.353. The van der Waals surface area contributed by atoms with Gasteiger partial charge in [0.15, 0.2) is 0 Å². The minimum absolute atomic E-state index is 0.0398. The molecule has 2 saturated heterocycles. The normalized spacial score (nSPS) is 24.5. The maximum absolute atomic E-state index is 13.1. The molecule has 1 atom stereocenters. The Bertz CT molecular complexity index is 896. The molecule has 1 amide bonds. The Morgan fingerprint density at radius 3 is 2.56 bits per heavy atom. The Balaban J connectivity index is 1.55. The van der Waals surface area contributed by atoms with Crippen molar-refractivity contribution in [2.45, 2.75) is 17.1 Å². The Hall–Kier alpha value is -1.77. The predicted octanol–water partition coefficient (Wildman–Crippen LogP) is 2.70. The van der Waals surface area contributed by atoms with Crippen LogP contribution in [0.1, 0.15) is 12.8 Å². The average Bonchev–Trinajstić information content (AvgIpc) is 3.30. The summed E-state index contributed by atoms with van der Waals surface area (Å²) in [5, 5.41) is 1.74. The van der Waals surface area contributed by atoms with Crippen LogP contribution in [0.15, 0.2) is 46.0 Å². The van der Waals surface area contributed by atoms with E-state index in [4.69, 9.17) is 0 Å². The zero-order valence-corrected chi connectivity index (χ0v) is 15.0. The Kier molecular flexibility index (Phi) is 3.93. The third kappa shape index (κ3) is 2.88. The van der Waals surface area contributed by atoms with E-state index in [-0.39, 0.29) is 17.1 Å². The molecule has 0 N–H and O–H groups in total. The molecule has 1 aromatic carbocycles. The Morgan fingerprint density at radius 2 is 1.88 bits per heavy atom. The fourth-order valence-corrected chi connectivity index (χ4v) is 6.36. The molecule has 2 aliphatic rings. The van der Waals surface area contributed by atoms with Gasteiger partial charge in [0.05, 0.1) is 0 Å². The molecule has 2 fully saturated rings. The van der Waals surface area contributed by atoms with Gasteiger partial charge in [-0.2, -0.15) is 4.31 Å². The largest absolute Gasteiger partial charge is 0.312 e. The number of sulfonamides is 1. The van der Waals surface area contributed by atoms with Crippen LogP contribution in [-0.4, -0.2) is 38.3 Å². The molecular formula is C17H17FN2O3S2. The molecule has 1 aromatic heterocycles. The first kappa shape index (κ1) is 16.7. The van der Waals surface area contributed by atoms with E-state index in [0.717, 1.165) is 0 Å². The molecule has 0 saturated carbocycles. The number of anilines is 1. The third-order valence-corrected chi connectivity index (χ3v) is 8.17. The number of benzene rings is 1. The van der Waals surface area contributed by atoms with Gasteiger partial charge in [-0.25, -0.2) is 12.8 Å². The van der Waals surface area contributed by atoms with Gasteiger partial charge in [0, 0.05) is 37.2 Å². The minimum atomic E-state index is -3.49. The molecule has 132 valence electrons. The number of amides is 1. The summed E-state index contributed by atoms with van der Waals surface area (Å²) < 4.78 is 40.3. The van der Waals surface area contributed by atoms with E-state index in [1.165, 1.54) is 27.8 Å². The van der Waals surface area contributed by atoms with Crippen LogP contribution < -0.4 is 4.90 Å². The number of nitrogens with zero attached hydrogens (tertiary/aromatic N) is 2. The summed E-state index contributed by atoms with van der Waals surface area (Å²) in [6.45, 7) is 1.23. The summed E-state index contributed by atoms with van der Waals surface area (Å²) in [6, 6.07) is 9.16. The second kappa shape index (κ2) is 5.89. The van der Waals surface area contributed by atoms with Crippen LogP contribution in [0.3, 0.4) is 0 Å². The Labute approximate surface area is 149 Å². The van der Waals surface area contributed by atoms with E-state index in [0.29, 0.717) is 42.4 Å². The van der Waals surface area contributed by atoms with Gasteiger partial charge in [-0.05, 0) is 42.1 Å². The van der Waals surface area contributed by atoms with E-state index >= 15 is 0 Å². The molecule has 1 spiro atoms. The first-order valence-corrected chi connectivity index (χ1v) is 10.3. The molecule has 5 nitrogen and oxygen atoms in total. The van der Waals surface area contributed by atoms with Gasteiger partial charge in [-0.15, -0.1) is 11.3 Å². The predicted molar refractivity (Wildman–Crippen MR) is 93.5 cm³/mol. The first-order valence-electron chi connectivity index (χ1n) is 7.99. The molecule has 0 unspecified atom stereocenters. The summed E-state index contributed by atoms with van der Waals surface area (Å²) in [5.41, 5.74) is 0.290. The lowest BCUT2D eigenvalue weighted by Crippen LogP contribution is -2.34. The van der Waals surface area contributed by atoms with Crippen molar-refractivity contribution >= 4 is 33.0 Å². The zero-order valence-electron chi connectivity index (χ0n) is 13.4. The number of thiophene rings is 1. The SMILES string of the molecule is O=C1C[C@@]2(CCN(S(=O)(=O)c3cccs3)C2)CN1c1ccc(F)cc1. The van der Waals surface area contributed by atoms with Crippen molar-refractivity contribution in [2.75, 3.05) is 24.5 Å². The summed E-state index contributed by atoms with van der Waals surface area (Å²) in [4.78, 5) is 14.1. The van der Waals surface area contributed by atoms with Crippen molar-refractivity contribution in [2.24, 2.45) is 5.41 Å². The van der Waals surface area contributed by atoms with Gasteiger partial charge < -0.3 is 4.90 Å². The highest BCUT2D eigenvalue weighted by molar-refractivity contribution is 7.91. The topological polar surface area (TPSA) is 57.7 Å². The second-order valence-corrected chi connectivity index (χ2v) is 9.77. The lowest BCUT2D eigenvalue weighted by Gasteiger charge is -2.24. The lowest BCUT2D eigenvalue weighted by molar-refractivity contribution is -0.117. The van der Waals surface area contributed by atoms with E-state index < -0.39 is 10.0 Å². The summed E-state index contributed by atoms with van der Waals surface area (Å²) in [6.07, 6.45) is 0.974. The molecule has 25 heavy (non-hydrogen) atoms. The summed E-state index contributed by atoms with van der Waals surface area (Å²) in [7, 11) is -3.49. The van der Waals surface area contributed by atoms with Gasteiger partial charge in [0.25, 0.3) is 10.0 Å². The van der Waals surface area contributed by atoms with E-state index in [9.17, 15) is 17.6 Å². The second-order valence-electron chi connectivity index (χ2n) is 6.65. The van der Waals surface area contributed by atoms with Crippen LogP contribution in [0.2, 0.25) is 0 Å². The molecule has 0 aliphatic carbocycles. The highest BCUT2D eigenvalue weighted by Gasteiger charge is 2.50. The number of carbonyl (C=O) groups is 1. The number of rotatable bonds is 3. The quantitative estimate of drug-likeness (QED) is 0.823. The Morgan fingerprint density at radius 1 is 1.12 bits per heavy atom. The molecule has 3 heterocycles. The van der Waals surface area contributed by atoms with E-state index in [1.54, 1.807) is 34.5 Å². The highest BCUT2D eigenvalue weighted by Crippen LogP contribution is 2.43. The van der Waals surface area contributed by atoms with Crippen molar-refractivity contribution in [3.05, 3.63) is 47.6 Å². The van der Waals surface area contributed by atoms with Crippen LogP contribution in [0, 0.1) is 11.2 Å². The molecule has 2 aromatic rings. The van der Waals surface area contributed by atoms with Gasteiger partial charge in [0.1, 0.15) is 10.0 Å². The van der Waals surface area contributed by atoms with Gasteiger partial charge in [-0.1, -0.05) is 6.07 Å². The number of hydrogen-bond donors (Lipinski definition) is 0. The van der Waals surface area contributed by atoms with Gasteiger partial charge in [0.2, 0.25) is 5.91 Å². The summed E-state index contributed by atoms with van der Waals surface area (Å²) in [5.74, 6) is -0.388. The maximum Gasteiger partial charge on any atom is 0.252 e. The van der Waals surface area contributed by atoms with Crippen molar-refractivity contribution < 1.29 is 17.6 Å². The number of hydrogen-bond acceptors (Lipinski definition) is 4. The monoisotopic (exact) mass is 380 g/mol. The van der Waals surface area contributed by atoms with Crippen LogP contribution in [0.5, 0.6) is 0 Å². The molecule has 8 heteroatoms. The van der Waals surface area contributed by atoms with E-state index in [2.05, 4.69) is 0 Å². The number of halogens is 1. The highest BCUT2D eigenvalue weighted by atomic mass is 32.2. The van der Waals surface area contributed by atoms with Crippen molar-refractivity contribution in [3.8, 4) is 0 Å². The van der Waals surface area contributed by atoms with Gasteiger partial charge in [-0.3, -0.25) is 4.79 Å². The molecule has 2 aliphatic heterocycles. The van der Waals surface area contributed by atoms with Crippen LogP contribution in [0.25, 0.3) is 0 Å². The fourth-order valence-electron chi connectivity index (χ4n) is 3.66. The average molecular weight is 380 g/mol. The first-order chi connectivity index (χ1) is 11.9.